The number of rotatable bonds is 1. The fourth-order valence-corrected chi connectivity index (χ4v) is 2.04. The molecule has 1 heterocycles. The molecule has 11 heteroatoms. The molecule has 2 rings (SSSR count). The third-order valence-corrected chi connectivity index (χ3v) is 3.34. The van der Waals surface area contributed by atoms with Crippen molar-refractivity contribution in [2.45, 2.75) is 12.0 Å². The maximum absolute atomic E-state index is 13.9. The van der Waals surface area contributed by atoms with Crippen molar-refractivity contribution in [1.29, 1.82) is 0 Å². The smallest absolute Gasteiger partial charge is 0.889 e. The molecule has 1 N–H and O–H groups in total. The summed E-state index contributed by atoms with van der Waals surface area (Å²) >= 11 is 0. The zero-order chi connectivity index (χ0) is 16.7. The number of hydrogen-bond donors (Lipinski definition) is 1. The molecule has 1 aliphatic heterocycles. The first-order chi connectivity index (χ1) is 10.2. The number of benzene rings is 1. The zero-order valence-corrected chi connectivity index (χ0v) is 19.6. The van der Waals surface area contributed by atoms with Crippen molar-refractivity contribution >= 4 is 18.5 Å². The Kier molecular flexibility index (Phi) is 10.5. The van der Waals surface area contributed by atoms with Crippen molar-refractivity contribution in [2.75, 3.05) is 13.6 Å². The minimum atomic E-state index is -2.86. The average molecular weight is 389 g/mol. The topological polar surface area (TPSA) is 86.7 Å². The number of halogens is 3. The van der Waals surface area contributed by atoms with Crippen LogP contribution in [0, 0.1) is 29.3 Å². The van der Waals surface area contributed by atoms with Gasteiger partial charge >= 0.3 is 103 Å². The van der Waals surface area contributed by atoms with Crippen LogP contribution in [0.4, 0.5) is 13.2 Å². The van der Waals surface area contributed by atoms with Gasteiger partial charge in [0.2, 0.25) is 5.60 Å². The molecule has 0 unspecified atom stereocenters. The van der Waals surface area contributed by atoms with Crippen LogP contribution in [0.15, 0.2) is 6.07 Å². The Morgan fingerprint density at radius 3 is 2.33 bits per heavy atom. The Morgan fingerprint density at radius 1 is 1.29 bits per heavy atom. The predicted octanol–water partition coefficient (Wildman–Crippen LogP) is -8.53. The molecule has 1 atom stereocenters. The number of amides is 1. The molecule has 0 saturated carbocycles. The Labute approximate surface area is 222 Å². The molecule has 24 heavy (non-hydrogen) atoms. The molecule has 0 radical (unpaired) electrons. The van der Waals surface area contributed by atoms with E-state index in [-0.39, 0.29) is 122 Å². The second kappa shape index (κ2) is 9.98. The molecule has 0 bridgehead atoms. The third kappa shape index (κ3) is 5.16. The van der Waals surface area contributed by atoms with E-state index in [4.69, 9.17) is 0 Å². The van der Waals surface area contributed by atoms with Gasteiger partial charge in [0.15, 0.2) is 11.6 Å². The molecule has 0 spiro atoms. The van der Waals surface area contributed by atoms with E-state index in [1.54, 1.807) is 0 Å². The van der Waals surface area contributed by atoms with Crippen molar-refractivity contribution in [3.8, 4) is 11.8 Å². The second-order valence-electron chi connectivity index (χ2n) is 4.87. The van der Waals surface area contributed by atoms with E-state index >= 15 is 0 Å². The van der Waals surface area contributed by atoms with E-state index in [0.29, 0.717) is 0 Å². The van der Waals surface area contributed by atoms with Gasteiger partial charge in [-0.05, 0) is 6.07 Å². The van der Waals surface area contributed by atoms with Crippen LogP contribution >= 0.6 is 0 Å². The van der Waals surface area contributed by atoms with E-state index in [2.05, 4.69) is 0 Å². The van der Waals surface area contributed by atoms with Crippen LogP contribution in [0.5, 0.6) is 0 Å². The monoisotopic (exact) mass is 389 g/mol. The summed E-state index contributed by atoms with van der Waals surface area (Å²) in [5.41, 5.74) is -4.43. The molecule has 1 aliphatic rings. The molecule has 1 aromatic carbocycles. The fourth-order valence-electron chi connectivity index (χ4n) is 2.04. The van der Waals surface area contributed by atoms with Gasteiger partial charge in [0, 0.05) is 20.0 Å². The van der Waals surface area contributed by atoms with Crippen molar-refractivity contribution in [3.05, 3.63) is 29.1 Å². The minimum Gasteiger partial charge on any atom is -0.889 e. The van der Waals surface area contributed by atoms with Crippen molar-refractivity contribution in [1.82, 2.24) is 4.90 Å². The van der Waals surface area contributed by atoms with Gasteiger partial charge in [-0.3, -0.25) is 4.79 Å². The SMILES string of the molecule is CN1CC[C@@](O)(C#Cc2c(F)c(F)cc(B([O-])[O-])c2F)C1=O.[K+].[K+]. The van der Waals surface area contributed by atoms with E-state index in [0.717, 1.165) is 0 Å². The van der Waals surface area contributed by atoms with Gasteiger partial charge in [-0.15, -0.1) is 0 Å². The Hall–Kier alpha value is 1.26. The summed E-state index contributed by atoms with van der Waals surface area (Å²) in [4.78, 5) is 12.8. The Bertz CT molecular complexity index is 711. The molecule has 116 valence electrons. The van der Waals surface area contributed by atoms with Gasteiger partial charge in [-0.25, -0.2) is 13.2 Å². The van der Waals surface area contributed by atoms with Crippen LogP contribution in [-0.4, -0.2) is 42.2 Å². The number of nitrogens with zero attached hydrogens (tertiary/aromatic N) is 1. The zero-order valence-electron chi connectivity index (χ0n) is 13.3. The largest absolute Gasteiger partial charge is 1.00 e. The maximum atomic E-state index is 13.9. The van der Waals surface area contributed by atoms with E-state index in [9.17, 15) is 33.1 Å². The van der Waals surface area contributed by atoms with Gasteiger partial charge < -0.3 is 20.1 Å². The molecule has 1 fully saturated rings. The first-order valence-electron chi connectivity index (χ1n) is 6.17. The first-order valence-corrected chi connectivity index (χ1v) is 6.17. The van der Waals surface area contributed by atoms with E-state index < -0.39 is 47.1 Å². The third-order valence-electron chi connectivity index (χ3n) is 3.34. The maximum Gasteiger partial charge on any atom is 1.00 e. The number of carbonyl (C=O) groups excluding carboxylic acids is 1. The van der Waals surface area contributed by atoms with Crippen LogP contribution in [-0.2, 0) is 4.79 Å². The van der Waals surface area contributed by atoms with Gasteiger partial charge in [-0.2, -0.15) is 0 Å². The van der Waals surface area contributed by atoms with Gasteiger partial charge in [-0.1, -0.05) is 24.4 Å². The first kappa shape index (κ1) is 25.3. The Balaban J connectivity index is 0.00000264. The summed E-state index contributed by atoms with van der Waals surface area (Å²) in [5, 5.41) is 31.5. The number of hydrogen-bond acceptors (Lipinski definition) is 4. The van der Waals surface area contributed by atoms with E-state index in [1.165, 1.54) is 11.9 Å². The van der Waals surface area contributed by atoms with Gasteiger partial charge in [0.05, 0.1) is 5.56 Å². The number of carbonyl (C=O) groups is 1. The van der Waals surface area contributed by atoms with Crippen molar-refractivity contribution in [2.24, 2.45) is 0 Å². The molecule has 1 aromatic rings. The number of likely N-dealkylation sites (tertiary alicyclic amines) is 1. The number of likely N-dealkylation sites (N-methyl/N-ethyl adjacent to an activating group) is 1. The van der Waals surface area contributed by atoms with Crippen molar-refractivity contribution < 1.29 is 136 Å². The summed E-state index contributed by atoms with van der Waals surface area (Å²) in [5.74, 6) is -1.84. The molecular formula is C13H9BF3K2NO4. The Morgan fingerprint density at radius 2 is 1.88 bits per heavy atom. The predicted molar refractivity (Wildman–Crippen MR) is 65.8 cm³/mol. The standard InChI is InChI=1S/C13H9BF3NO4.2K/c1-18-5-4-13(20,12(18)19)3-2-7-10(16)8(14(21)22)6-9(15)11(7)17;;/h6,20H,4-5H2,1H3;;/q-2;2*+1/t13-;;/m0../s1. The summed E-state index contributed by atoms with van der Waals surface area (Å²) in [6, 6.07) is 0.170. The molecule has 0 aliphatic carbocycles. The van der Waals surface area contributed by atoms with Gasteiger partial charge in [0.25, 0.3) is 5.91 Å². The van der Waals surface area contributed by atoms with E-state index in [1.807, 2.05) is 11.8 Å². The summed E-state index contributed by atoms with van der Waals surface area (Å²) in [6.45, 7) is 0.187. The van der Waals surface area contributed by atoms with Crippen LogP contribution in [0.25, 0.3) is 0 Å². The number of aliphatic hydroxyl groups is 1. The molecule has 1 saturated heterocycles. The summed E-state index contributed by atoms with van der Waals surface area (Å²) < 4.78 is 40.7. The second-order valence-corrected chi connectivity index (χ2v) is 4.87. The van der Waals surface area contributed by atoms with Crippen LogP contribution in [0.3, 0.4) is 0 Å². The minimum absolute atomic E-state index is 0. The molecule has 0 aromatic heterocycles. The average Bonchev–Trinajstić information content (AvgIpc) is 2.71. The van der Waals surface area contributed by atoms with Crippen LogP contribution in [0.1, 0.15) is 12.0 Å². The summed E-state index contributed by atoms with van der Waals surface area (Å²) in [6.07, 6.45) is -0.0908. The van der Waals surface area contributed by atoms with Gasteiger partial charge in [0.1, 0.15) is 5.82 Å². The molecule has 1 amide bonds. The quantitative estimate of drug-likeness (QED) is 0.294. The summed E-state index contributed by atoms with van der Waals surface area (Å²) in [7, 11) is -1.46. The van der Waals surface area contributed by atoms with Crippen molar-refractivity contribution in [3.63, 3.8) is 0 Å². The fraction of sp³-hybridized carbons (Fsp3) is 0.308. The molecule has 5 nitrogen and oxygen atoms in total. The van der Waals surface area contributed by atoms with Crippen LogP contribution < -0.4 is 118 Å². The van der Waals surface area contributed by atoms with Crippen LogP contribution in [0.2, 0.25) is 0 Å². The normalized spacial score (nSPS) is 19.1. The molecular weight excluding hydrogens is 380 g/mol.